The molecule has 1 amide bonds. The Labute approximate surface area is 182 Å². The number of ether oxygens (including phenoxy) is 1. The van der Waals surface area contributed by atoms with E-state index in [1.807, 2.05) is 26.0 Å². The molecule has 0 atom stereocenters. The fourth-order valence-electron chi connectivity index (χ4n) is 3.09. The highest BCUT2D eigenvalue weighted by molar-refractivity contribution is 7.16. The van der Waals surface area contributed by atoms with Crippen molar-refractivity contribution >= 4 is 45.2 Å². The van der Waals surface area contributed by atoms with Gasteiger partial charge in [0.25, 0.3) is 11.6 Å². The molecular weight excluding hydrogens is 418 g/mol. The molecule has 0 radical (unpaired) electrons. The zero-order valence-corrected chi connectivity index (χ0v) is 18.1. The molecule has 1 heterocycles. The molecule has 0 bridgehead atoms. The molecule has 8 nitrogen and oxygen atoms in total. The molecule has 3 aromatic rings. The topological polar surface area (TPSA) is 104 Å². The molecule has 0 aliphatic carbocycles. The van der Waals surface area contributed by atoms with E-state index in [0.717, 1.165) is 21.3 Å². The summed E-state index contributed by atoms with van der Waals surface area (Å²) >= 11 is 1.33. The lowest BCUT2D eigenvalue weighted by molar-refractivity contribution is -0.384. The summed E-state index contributed by atoms with van der Waals surface area (Å²) in [5, 5.41) is 10.7. The molecule has 1 aromatic heterocycles. The van der Waals surface area contributed by atoms with Crippen LogP contribution in [0.4, 0.5) is 5.69 Å². The molecule has 0 saturated heterocycles. The van der Waals surface area contributed by atoms with Crippen molar-refractivity contribution in [3.63, 3.8) is 0 Å². The van der Waals surface area contributed by atoms with Crippen molar-refractivity contribution in [1.29, 1.82) is 0 Å². The smallest absolute Gasteiger partial charge is 0.326 e. The Kier molecular flexibility index (Phi) is 6.76. The number of aromatic nitrogens is 1. The maximum Gasteiger partial charge on any atom is 0.326 e. The van der Waals surface area contributed by atoms with Gasteiger partial charge in [-0.2, -0.15) is 4.99 Å². The molecular formula is C22H21N3O5S. The van der Waals surface area contributed by atoms with Gasteiger partial charge in [-0.05, 0) is 61.7 Å². The molecule has 9 heteroatoms. The average molecular weight is 439 g/mol. The number of carbonyl (C=O) groups is 2. The summed E-state index contributed by atoms with van der Waals surface area (Å²) < 4.78 is 7.71. The Balaban J connectivity index is 1.97. The third-order valence-electron chi connectivity index (χ3n) is 4.44. The highest BCUT2D eigenvalue weighted by atomic mass is 32.1. The van der Waals surface area contributed by atoms with Crippen molar-refractivity contribution in [2.45, 2.75) is 27.3 Å². The van der Waals surface area contributed by atoms with Crippen LogP contribution in [0.25, 0.3) is 16.3 Å². The van der Waals surface area contributed by atoms with E-state index in [1.165, 1.54) is 35.6 Å². The first-order chi connectivity index (χ1) is 14.8. The number of benzene rings is 2. The number of rotatable bonds is 6. The van der Waals surface area contributed by atoms with Gasteiger partial charge in [-0.25, -0.2) is 0 Å². The second kappa shape index (κ2) is 9.48. The number of nitrogens with zero attached hydrogens (tertiary/aromatic N) is 3. The van der Waals surface area contributed by atoms with Crippen LogP contribution in [0, 0.1) is 24.0 Å². The first-order valence-corrected chi connectivity index (χ1v) is 10.4. The van der Waals surface area contributed by atoms with Gasteiger partial charge in [0.05, 0.1) is 21.7 Å². The number of amides is 1. The predicted octanol–water partition coefficient (Wildman–Crippen LogP) is 3.93. The number of thiazole rings is 1. The predicted molar refractivity (Wildman–Crippen MR) is 119 cm³/mol. The van der Waals surface area contributed by atoms with E-state index in [9.17, 15) is 19.7 Å². The number of hydrogen-bond donors (Lipinski definition) is 0. The number of esters is 1. The number of non-ortho nitro benzene ring substituents is 1. The summed E-state index contributed by atoms with van der Waals surface area (Å²) in [5.74, 6) is -0.909. The van der Waals surface area contributed by atoms with Gasteiger partial charge >= 0.3 is 5.97 Å². The molecule has 0 aliphatic rings. The number of fused-ring (bicyclic) bond motifs is 1. The van der Waals surface area contributed by atoms with Gasteiger partial charge in [0.1, 0.15) is 6.54 Å². The van der Waals surface area contributed by atoms with Gasteiger partial charge < -0.3 is 9.30 Å². The summed E-state index contributed by atoms with van der Waals surface area (Å²) in [6.07, 6.45) is 2.83. The highest BCUT2D eigenvalue weighted by Crippen LogP contribution is 2.23. The van der Waals surface area contributed by atoms with Crippen LogP contribution in [0.5, 0.6) is 0 Å². The van der Waals surface area contributed by atoms with E-state index in [-0.39, 0.29) is 18.8 Å². The molecule has 0 fully saturated rings. The zero-order chi connectivity index (χ0) is 22.5. The first-order valence-electron chi connectivity index (χ1n) is 9.56. The van der Waals surface area contributed by atoms with Gasteiger partial charge in [-0.1, -0.05) is 17.4 Å². The van der Waals surface area contributed by atoms with E-state index in [2.05, 4.69) is 4.99 Å². The molecule has 0 aliphatic heterocycles. The Morgan fingerprint density at radius 3 is 2.58 bits per heavy atom. The van der Waals surface area contributed by atoms with Crippen LogP contribution >= 0.6 is 11.3 Å². The molecule has 0 spiro atoms. The van der Waals surface area contributed by atoms with Crippen LogP contribution in [0.1, 0.15) is 23.6 Å². The summed E-state index contributed by atoms with van der Waals surface area (Å²) in [6, 6.07) is 9.82. The number of aryl methyl sites for hydroxylation is 2. The van der Waals surface area contributed by atoms with Crippen molar-refractivity contribution in [2.75, 3.05) is 6.61 Å². The maximum absolute atomic E-state index is 12.5. The van der Waals surface area contributed by atoms with E-state index in [4.69, 9.17) is 4.74 Å². The number of carbonyl (C=O) groups excluding carboxylic acids is 2. The second-order valence-corrected chi connectivity index (χ2v) is 7.82. The Bertz CT molecular complexity index is 1250. The molecule has 0 N–H and O–H groups in total. The summed E-state index contributed by atoms with van der Waals surface area (Å²) in [5.41, 5.74) is 3.51. The molecule has 31 heavy (non-hydrogen) atoms. The molecule has 2 aromatic carbocycles. The molecule has 0 unspecified atom stereocenters. The fourth-order valence-corrected chi connectivity index (χ4v) is 4.18. The minimum atomic E-state index is -0.503. The Morgan fingerprint density at radius 1 is 1.23 bits per heavy atom. The first kappa shape index (κ1) is 22.1. The third-order valence-corrected chi connectivity index (χ3v) is 5.66. The average Bonchev–Trinajstić information content (AvgIpc) is 3.04. The molecule has 160 valence electrons. The lowest BCUT2D eigenvalue weighted by atomic mass is 10.1. The standard InChI is InChI=1S/C22H21N3O5S/c1-4-30-20(27)13-24-18-12-14(2)11-15(3)21(18)31-22(24)23-19(26)10-7-16-5-8-17(9-6-16)25(28)29/h5-12H,4,13H2,1-3H3. The van der Waals surface area contributed by atoms with Gasteiger partial charge in [0, 0.05) is 18.2 Å². The Hall–Kier alpha value is -3.59. The van der Waals surface area contributed by atoms with Crippen molar-refractivity contribution in [3.05, 3.63) is 74.1 Å². The van der Waals surface area contributed by atoms with Crippen molar-refractivity contribution < 1.29 is 19.2 Å². The summed E-state index contributed by atoms with van der Waals surface area (Å²) in [4.78, 5) is 39.4. The molecule has 3 rings (SSSR count). The highest BCUT2D eigenvalue weighted by Gasteiger charge is 2.14. The van der Waals surface area contributed by atoms with Gasteiger partial charge in [0.15, 0.2) is 4.80 Å². The number of nitro groups is 1. The number of nitro benzene ring substituents is 1. The lowest BCUT2D eigenvalue weighted by Crippen LogP contribution is -2.22. The van der Waals surface area contributed by atoms with Gasteiger partial charge in [-0.15, -0.1) is 0 Å². The van der Waals surface area contributed by atoms with Gasteiger partial charge in [0.2, 0.25) is 0 Å². The van der Waals surface area contributed by atoms with Gasteiger partial charge in [-0.3, -0.25) is 19.7 Å². The van der Waals surface area contributed by atoms with Crippen molar-refractivity contribution in [3.8, 4) is 0 Å². The number of hydrogen-bond acceptors (Lipinski definition) is 6. The van der Waals surface area contributed by atoms with E-state index >= 15 is 0 Å². The quantitative estimate of drug-likeness (QED) is 0.250. The SMILES string of the molecule is CCOC(=O)Cn1c(=NC(=O)C=Cc2ccc([N+](=O)[O-])cc2)sc2c(C)cc(C)cc21. The van der Waals surface area contributed by atoms with E-state index in [0.29, 0.717) is 10.4 Å². The van der Waals surface area contributed by atoms with E-state index in [1.54, 1.807) is 23.6 Å². The van der Waals surface area contributed by atoms with Crippen LogP contribution in [0.2, 0.25) is 0 Å². The molecule has 0 saturated carbocycles. The Morgan fingerprint density at radius 2 is 1.94 bits per heavy atom. The van der Waals surface area contributed by atoms with Crippen LogP contribution in [-0.2, 0) is 20.9 Å². The van der Waals surface area contributed by atoms with Crippen LogP contribution in [-0.4, -0.2) is 28.0 Å². The third kappa shape index (κ3) is 5.32. The minimum Gasteiger partial charge on any atom is -0.465 e. The zero-order valence-electron chi connectivity index (χ0n) is 17.3. The summed E-state index contributed by atoms with van der Waals surface area (Å²) in [6.45, 7) is 5.90. The minimum absolute atomic E-state index is 0.0240. The van der Waals surface area contributed by atoms with Crippen LogP contribution in [0.3, 0.4) is 0 Å². The lowest BCUT2D eigenvalue weighted by Gasteiger charge is -2.06. The maximum atomic E-state index is 12.5. The summed E-state index contributed by atoms with van der Waals surface area (Å²) in [7, 11) is 0. The second-order valence-electron chi connectivity index (χ2n) is 6.84. The monoisotopic (exact) mass is 439 g/mol. The van der Waals surface area contributed by atoms with Crippen molar-refractivity contribution in [2.24, 2.45) is 4.99 Å². The fraction of sp³-hybridized carbons (Fsp3) is 0.227. The van der Waals surface area contributed by atoms with Crippen LogP contribution in [0.15, 0.2) is 47.5 Å². The largest absolute Gasteiger partial charge is 0.465 e. The van der Waals surface area contributed by atoms with E-state index < -0.39 is 16.8 Å². The van der Waals surface area contributed by atoms with Crippen molar-refractivity contribution in [1.82, 2.24) is 4.57 Å². The normalized spacial score (nSPS) is 11.9. The van der Waals surface area contributed by atoms with Crippen LogP contribution < -0.4 is 4.80 Å².